The molecule has 0 atom stereocenters. The number of hydrogen-bond acceptors (Lipinski definition) is 3. The zero-order valence-corrected chi connectivity index (χ0v) is 17.9. The van der Waals surface area contributed by atoms with E-state index in [1.807, 2.05) is 24.3 Å². The lowest BCUT2D eigenvalue weighted by Crippen LogP contribution is -2.40. The largest absolute Gasteiger partial charge is 0.417 e. The number of hydrogen-bond donors (Lipinski definition) is 1. The van der Waals surface area contributed by atoms with Crippen LogP contribution in [0.2, 0.25) is 18.1 Å². The lowest BCUT2D eigenvalue weighted by molar-refractivity contribution is 0.0844. The zero-order valence-electron chi connectivity index (χ0n) is 16.9. The Morgan fingerprint density at radius 1 is 1.00 bits per heavy atom. The Bertz CT molecular complexity index is 896. The second-order valence-electron chi connectivity index (χ2n) is 8.85. The van der Waals surface area contributed by atoms with Gasteiger partial charge in [0.2, 0.25) is 0 Å². The summed E-state index contributed by atoms with van der Waals surface area (Å²) in [7, 11) is -1.71. The van der Waals surface area contributed by atoms with Crippen molar-refractivity contribution in [2.24, 2.45) is 0 Å². The number of aryl methyl sites for hydroxylation is 1. The van der Waals surface area contributed by atoms with Gasteiger partial charge in [-0.1, -0.05) is 45.0 Å². The van der Waals surface area contributed by atoms with Gasteiger partial charge in [-0.15, -0.1) is 0 Å². The Kier molecular flexibility index (Phi) is 5.28. The highest BCUT2D eigenvalue weighted by Crippen LogP contribution is 2.36. The molecule has 0 spiro atoms. The third-order valence-electron chi connectivity index (χ3n) is 5.94. The molecule has 144 valence electrons. The molecule has 5 heteroatoms. The van der Waals surface area contributed by atoms with Crippen molar-refractivity contribution < 1.29 is 14.0 Å². The van der Waals surface area contributed by atoms with E-state index in [1.54, 1.807) is 6.07 Å². The predicted octanol–water partition coefficient (Wildman–Crippen LogP) is 5.07. The molecule has 1 aliphatic heterocycles. The van der Waals surface area contributed by atoms with Crippen LogP contribution in [0.25, 0.3) is 10.8 Å². The molecule has 0 radical (unpaired) electrons. The Morgan fingerprint density at radius 2 is 1.74 bits per heavy atom. The summed E-state index contributed by atoms with van der Waals surface area (Å²) < 4.78 is 6.24. The van der Waals surface area contributed by atoms with E-state index in [0.717, 1.165) is 42.2 Å². The molecule has 2 aromatic rings. The van der Waals surface area contributed by atoms with E-state index in [2.05, 4.69) is 39.2 Å². The van der Waals surface area contributed by atoms with E-state index in [1.165, 1.54) is 0 Å². The third kappa shape index (κ3) is 3.85. The predicted molar refractivity (Wildman–Crippen MR) is 112 cm³/mol. The molecule has 0 fully saturated rings. The molecular weight excluding hydrogens is 354 g/mol. The summed E-state index contributed by atoms with van der Waals surface area (Å²) in [6.07, 6.45) is 2.73. The normalized spacial score (nSPS) is 14.6. The highest BCUT2D eigenvalue weighted by molar-refractivity contribution is 6.74. The monoisotopic (exact) mass is 383 g/mol. The molecule has 0 saturated carbocycles. The second kappa shape index (κ2) is 7.21. The minimum absolute atomic E-state index is 0.219. The first-order valence-electron chi connectivity index (χ1n) is 9.66. The van der Waals surface area contributed by atoms with E-state index in [9.17, 15) is 9.59 Å². The first-order chi connectivity index (χ1) is 12.6. The zero-order chi connectivity index (χ0) is 19.8. The number of amides is 2. The number of benzene rings is 2. The van der Waals surface area contributed by atoms with Gasteiger partial charge < -0.3 is 4.43 Å². The van der Waals surface area contributed by atoms with Gasteiger partial charge in [-0.05, 0) is 54.4 Å². The molecule has 0 saturated heterocycles. The van der Waals surface area contributed by atoms with E-state index in [0.29, 0.717) is 11.1 Å². The van der Waals surface area contributed by atoms with Crippen molar-refractivity contribution in [3.05, 3.63) is 47.0 Å². The molecule has 4 nitrogen and oxygen atoms in total. The molecule has 27 heavy (non-hydrogen) atoms. The van der Waals surface area contributed by atoms with Gasteiger partial charge >= 0.3 is 0 Å². The number of carbonyl (C=O) groups excluding carboxylic acids is 2. The van der Waals surface area contributed by atoms with E-state index in [4.69, 9.17) is 4.43 Å². The van der Waals surface area contributed by atoms with Crippen molar-refractivity contribution >= 4 is 30.9 Å². The standard InChI is InChI=1S/C22H29NO3Si/c1-22(2,3)27(4,5)26-14-7-6-9-16-13-12-15-10-8-11-17-18(15)19(16)21(25)23-20(17)24/h8,10-13H,6-7,9,14H2,1-5H3,(H,23,24,25). The van der Waals surface area contributed by atoms with Crippen molar-refractivity contribution in [2.45, 2.75) is 58.2 Å². The molecule has 2 aromatic carbocycles. The van der Waals surface area contributed by atoms with Crippen LogP contribution in [0.4, 0.5) is 0 Å². The highest BCUT2D eigenvalue weighted by atomic mass is 28.4. The number of rotatable bonds is 6. The smallest absolute Gasteiger partial charge is 0.259 e. The fourth-order valence-electron chi connectivity index (χ4n) is 3.27. The number of imide groups is 1. The maximum atomic E-state index is 12.5. The van der Waals surface area contributed by atoms with E-state index < -0.39 is 8.32 Å². The molecular formula is C22H29NO3Si. The van der Waals surface area contributed by atoms with Crippen LogP contribution < -0.4 is 5.32 Å². The van der Waals surface area contributed by atoms with Gasteiger partial charge in [-0.25, -0.2) is 0 Å². The van der Waals surface area contributed by atoms with Crippen LogP contribution in [0.5, 0.6) is 0 Å². The molecule has 1 heterocycles. The fraction of sp³-hybridized carbons (Fsp3) is 0.455. The Hall–Kier alpha value is -1.98. The second-order valence-corrected chi connectivity index (χ2v) is 13.7. The van der Waals surface area contributed by atoms with Crippen LogP contribution in [-0.4, -0.2) is 26.7 Å². The van der Waals surface area contributed by atoms with Crippen LogP contribution in [0.15, 0.2) is 30.3 Å². The summed E-state index contributed by atoms with van der Waals surface area (Å²) in [6.45, 7) is 12.0. The molecule has 3 rings (SSSR count). The fourth-order valence-corrected chi connectivity index (χ4v) is 4.36. The highest BCUT2D eigenvalue weighted by Gasteiger charge is 2.36. The molecule has 0 aromatic heterocycles. The van der Waals surface area contributed by atoms with Crippen molar-refractivity contribution in [1.82, 2.24) is 5.32 Å². The molecule has 1 aliphatic rings. The Morgan fingerprint density at radius 3 is 2.44 bits per heavy atom. The minimum Gasteiger partial charge on any atom is -0.417 e. The van der Waals surface area contributed by atoms with Crippen LogP contribution >= 0.6 is 0 Å². The van der Waals surface area contributed by atoms with Gasteiger partial charge in [0.1, 0.15) is 0 Å². The maximum Gasteiger partial charge on any atom is 0.259 e. The summed E-state index contributed by atoms with van der Waals surface area (Å²) in [5.41, 5.74) is 2.26. The van der Waals surface area contributed by atoms with Gasteiger partial charge in [0, 0.05) is 17.6 Å². The summed E-state index contributed by atoms with van der Waals surface area (Å²) >= 11 is 0. The van der Waals surface area contributed by atoms with Gasteiger partial charge in [-0.2, -0.15) is 0 Å². The van der Waals surface area contributed by atoms with Gasteiger partial charge in [-0.3, -0.25) is 14.9 Å². The van der Waals surface area contributed by atoms with Gasteiger partial charge in [0.25, 0.3) is 11.8 Å². The maximum absolute atomic E-state index is 12.5. The quantitative estimate of drug-likeness (QED) is 0.430. The lowest BCUT2D eigenvalue weighted by atomic mass is 9.90. The summed E-state index contributed by atoms with van der Waals surface area (Å²) in [4.78, 5) is 24.6. The molecule has 0 bridgehead atoms. The Balaban J connectivity index is 1.71. The number of unbranched alkanes of at least 4 members (excludes halogenated alkanes) is 1. The van der Waals surface area contributed by atoms with Gasteiger partial charge in [0.15, 0.2) is 8.32 Å². The summed E-state index contributed by atoms with van der Waals surface area (Å²) in [6, 6.07) is 9.62. The first-order valence-corrected chi connectivity index (χ1v) is 12.6. The molecule has 1 N–H and O–H groups in total. The number of nitrogens with one attached hydrogen (secondary N) is 1. The SMILES string of the molecule is CC(C)(C)[Si](C)(C)OCCCCc1ccc2cccc3c2c1C(=O)NC3=O. The van der Waals surface area contributed by atoms with Crippen LogP contribution in [-0.2, 0) is 10.8 Å². The van der Waals surface area contributed by atoms with Crippen molar-refractivity contribution in [2.75, 3.05) is 6.61 Å². The average molecular weight is 384 g/mol. The van der Waals surface area contributed by atoms with Gasteiger partial charge in [0.05, 0.1) is 5.56 Å². The van der Waals surface area contributed by atoms with E-state index >= 15 is 0 Å². The van der Waals surface area contributed by atoms with Crippen molar-refractivity contribution in [3.63, 3.8) is 0 Å². The summed E-state index contributed by atoms with van der Waals surface area (Å²) in [5, 5.41) is 4.43. The topological polar surface area (TPSA) is 55.4 Å². The van der Waals surface area contributed by atoms with Crippen LogP contribution in [0.1, 0.15) is 59.9 Å². The molecule has 0 unspecified atom stereocenters. The molecule has 0 aliphatic carbocycles. The average Bonchev–Trinajstić information content (AvgIpc) is 2.58. The third-order valence-corrected chi connectivity index (χ3v) is 10.5. The van der Waals surface area contributed by atoms with Crippen LogP contribution in [0.3, 0.4) is 0 Å². The van der Waals surface area contributed by atoms with Crippen molar-refractivity contribution in [3.8, 4) is 0 Å². The first kappa shape index (κ1) is 19.8. The molecule has 2 amide bonds. The van der Waals surface area contributed by atoms with Crippen LogP contribution in [0, 0.1) is 0 Å². The number of carbonyl (C=O) groups is 2. The summed E-state index contributed by atoms with van der Waals surface area (Å²) in [5.74, 6) is -0.588. The minimum atomic E-state index is -1.71. The van der Waals surface area contributed by atoms with E-state index in [-0.39, 0.29) is 16.9 Å². The lowest BCUT2D eigenvalue weighted by Gasteiger charge is -2.36. The van der Waals surface area contributed by atoms with Crippen molar-refractivity contribution in [1.29, 1.82) is 0 Å². The Labute approximate surface area is 162 Å².